The smallest absolute Gasteiger partial charge is 0.412 e. The molecule has 1 rings (SSSR count). The number of hydrogen-bond donors (Lipinski definition) is 0. The van der Waals surface area contributed by atoms with Gasteiger partial charge in [0.2, 0.25) is 0 Å². The summed E-state index contributed by atoms with van der Waals surface area (Å²) in [5.74, 6) is -0.357. The Morgan fingerprint density at radius 1 is 1.13 bits per heavy atom. The molecule has 0 bridgehead atoms. The molecule has 1 saturated heterocycles. The topological polar surface area (TPSA) is 65.1 Å². The number of hydrogen-bond acceptors (Lipinski definition) is 5. The van der Waals surface area contributed by atoms with E-state index in [4.69, 9.17) is 13.9 Å². The Labute approximate surface area is 185 Å². The molecule has 6 nitrogen and oxygen atoms in total. The van der Waals surface area contributed by atoms with Crippen molar-refractivity contribution in [1.82, 2.24) is 4.90 Å². The Morgan fingerprint density at radius 3 is 2.03 bits per heavy atom. The molecule has 1 fully saturated rings. The highest BCUT2D eigenvalue weighted by Crippen LogP contribution is 2.42. The first-order valence-corrected chi connectivity index (χ1v) is 14.0. The van der Waals surface area contributed by atoms with Crippen LogP contribution >= 0.6 is 0 Å². The maximum atomic E-state index is 12.9. The van der Waals surface area contributed by atoms with E-state index < -0.39 is 19.6 Å². The van der Waals surface area contributed by atoms with Crippen LogP contribution in [0.4, 0.5) is 4.79 Å². The van der Waals surface area contributed by atoms with Crippen LogP contribution in [0, 0.1) is 11.8 Å². The van der Waals surface area contributed by atoms with E-state index in [1.54, 1.807) is 4.90 Å². The molecule has 0 saturated carbocycles. The van der Waals surface area contributed by atoms with Gasteiger partial charge in [0.05, 0.1) is 18.2 Å². The summed E-state index contributed by atoms with van der Waals surface area (Å²) in [4.78, 5) is 26.3. The monoisotopic (exact) mass is 443 g/mol. The molecule has 0 aromatic carbocycles. The van der Waals surface area contributed by atoms with E-state index in [9.17, 15) is 9.59 Å². The third kappa shape index (κ3) is 6.07. The van der Waals surface area contributed by atoms with Gasteiger partial charge in [0, 0.05) is 11.8 Å². The Balaban J connectivity index is 3.20. The molecule has 0 aromatic heterocycles. The average molecular weight is 444 g/mol. The fourth-order valence-electron chi connectivity index (χ4n) is 3.84. The number of aldehydes is 1. The van der Waals surface area contributed by atoms with Crippen molar-refractivity contribution >= 4 is 20.7 Å². The van der Waals surface area contributed by atoms with Gasteiger partial charge in [0.25, 0.3) is 0 Å². The molecule has 1 aliphatic heterocycles. The van der Waals surface area contributed by atoms with Crippen LogP contribution in [0.3, 0.4) is 0 Å². The van der Waals surface area contributed by atoms with Crippen LogP contribution in [0.25, 0.3) is 0 Å². The number of nitrogens with zero attached hydrogens (tertiary/aromatic N) is 1. The lowest BCUT2D eigenvalue weighted by Gasteiger charge is -2.43. The van der Waals surface area contributed by atoms with Gasteiger partial charge >= 0.3 is 6.09 Å². The number of rotatable bonds is 6. The molecule has 1 amide bonds. The van der Waals surface area contributed by atoms with Crippen LogP contribution in [0.2, 0.25) is 18.1 Å². The fraction of sp³-hybridized carbons (Fsp3) is 0.913. The summed E-state index contributed by atoms with van der Waals surface area (Å²) in [6.45, 7) is 26.2. The summed E-state index contributed by atoms with van der Waals surface area (Å²) in [5.41, 5.74) is -1.40. The maximum absolute atomic E-state index is 12.9. The largest absolute Gasteiger partial charge is 0.444 e. The van der Waals surface area contributed by atoms with Crippen molar-refractivity contribution in [3.63, 3.8) is 0 Å². The van der Waals surface area contributed by atoms with E-state index in [0.717, 1.165) is 6.29 Å². The molecule has 0 radical (unpaired) electrons. The maximum Gasteiger partial charge on any atom is 0.412 e. The van der Waals surface area contributed by atoms with E-state index in [0.29, 0.717) is 0 Å². The van der Waals surface area contributed by atoms with Crippen molar-refractivity contribution in [2.24, 2.45) is 11.8 Å². The highest BCUT2D eigenvalue weighted by atomic mass is 28.4. The second-order valence-electron chi connectivity index (χ2n) is 11.8. The van der Waals surface area contributed by atoms with Gasteiger partial charge in [-0.15, -0.1) is 0 Å². The van der Waals surface area contributed by atoms with Crippen molar-refractivity contribution in [1.29, 1.82) is 0 Å². The Kier molecular flexibility index (Phi) is 8.05. The van der Waals surface area contributed by atoms with E-state index in [2.05, 4.69) is 40.8 Å². The summed E-state index contributed by atoms with van der Waals surface area (Å²) in [6, 6.07) is -0.214. The van der Waals surface area contributed by atoms with Crippen LogP contribution in [-0.4, -0.2) is 55.2 Å². The summed E-state index contributed by atoms with van der Waals surface area (Å²) in [5, 5.41) is 0.0253. The Hall–Kier alpha value is -0.923. The van der Waals surface area contributed by atoms with Crippen LogP contribution in [0.15, 0.2) is 0 Å². The zero-order chi connectivity index (χ0) is 23.9. The predicted octanol–water partition coefficient (Wildman–Crippen LogP) is 5.61. The molecule has 0 N–H and O–H groups in total. The molecule has 1 aliphatic rings. The average Bonchev–Trinajstić information content (AvgIpc) is 2.77. The van der Waals surface area contributed by atoms with Gasteiger partial charge in [0.1, 0.15) is 17.6 Å². The van der Waals surface area contributed by atoms with Crippen LogP contribution < -0.4 is 0 Å². The van der Waals surface area contributed by atoms with Crippen molar-refractivity contribution in [2.45, 2.75) is 124 Å². The molecule has 0 aromatic rings. The SMILES string of the molecule is C[C@@H]([C@H](O[Si](C)(C)C(C)(C)C)[C@H](C)C=O)[C@@H]1OC(C)(C)N(C(=O)OC(C)(C)C)[C@@H]1C. The van der Waals surface area contributed by atoms with Crippen molar-refractivity contribution < 1.29 is 23.5 Å². The molecule has 0 aliphatic carbocycles. The normalized spacial score (nSPS) is 25.6. The number of carbonyl (C=O) groups excluding carboxylic acids is 2. The Morgan fingerprint density at radius 2 is 1.63 bits per heavy atom. The first kappa shape index (κ1) is 27.1. The molecule has 0 spiro atoms. The second-order valence-corrected chi connectivity index (χ2v) is 16.6. The lowest BCUT2D eigenvalue weighted by molar-refractivity contribution is -0.119. The summed E-state index contributed by atoms with van der Waals surface area (Å²) in [6.07, 6.45) is 0.0138. The van der Waals surface area contributed by atoms with Gasteiger partial charge in [-0.2, -0.15) is 0 Å². The fourth-order valence-corrected chi connectivity index (χ4v) is 5.31. The van der Waals surface area contributed by atoms with Crippen LogP contribution in [0.1, 0.15) is 76.2 Å². The van der Waals surface area contributed by atoms with Crippen LogP contribution in [0.5, 0.6) is 0 Å². The molecule has 176 valence electrons. The highest BCUT2D eigenvalue weighted by molar-refractivity contribution is 6.74. The van der Waals surface area contributed by atoms with E-state index in [-0.39, 0.29) is 41.2 Å². The number of amides is 1. The highest BCUT2D eigenvalue weighted by Gasteiger charge is 2.53. The molecular formula is C23H45NO5Si. The first-order valence-electron chi connectivity index (χ1n) is 11.1. The van der Waals surface area contributed by atoms with Gasteiger partial charge in [-0.3, -0.25) is 4.90 Å². The minimum Gasteiger partial charge on any atom is -0.444 e. The van der Waals surface area contributed by atoms with Crippen molar-refractivity contribution in [3.8, 4) is 0 Å². The minimum absolute atomic E-state index is 0.0253. The number of ether oxygens (including phenoxy) is 2. The third-order valence-corrected chi connectivity index (χ3v) is 11.0. The lowest BCUT2D eigenvalue weighted by atomic mass is 9.87. The van der Waals surface area contributed by atoms with Gasteiger partial charge < -0.3 is 18.7 Å². The van der Waals surface area contributed by atoms with Crippen molar-refractivity contribution in [3.05, 3.63) is 0 Å². The van der Waals surface area contributed by atoms with Gasteiger partial charge in [-0.05, 0) is 59.7 Å². The first-order chi connectivity index (χ1) is 13.2. The molecule has 5 atom stereocenters. The summed E-state index contributed by atoms with van der Waals surface area (Å²) < 4.78 is 18.7. The van der Waals surface area contributed by atoms with Crippen molar-refractivity contribution in [2.75, 3.05) is 0 Å². The molecule has 1 heterocycles. The standard InChI is InChI=1S/C23H45NO5Si/c1-15(14-25)18(29-30(12,13)22(7,8)9)16(2)19-17(3)24(23(10,11)27-19)20(26)28-21(4,5)6/h14-19H,1-13H3/t15-,16+,17-,18-,19+/m1/s1. The second kappa shape index (κ2) is 8.91. The lowest BCUT2D eigenvalue weighted by Crippen LogP contribution is -2.52. The molecule has 7 heteroatoms. The van der Waals surface area contributed by atoms with Crippen LogP contribution in [-0.2, 0) is 18.7 Å². The predicted molar refractivity (Wildman–Crippen MR) is 123 cm³/mol. The van der Waals surface area contributed by atoms with E-state index in [1.165, 1.54) is 0 Å². The zero-order valence-electron chi connectivity index (χ0n) is 21.5. The Bertz CT molecular complexity index is 620. The van der Waals surface area contributed by atoms with Gasteiger partial charge in [-0.25, -0.2) is 4.79 Å². The summed E-state index contributed by atoms with van der Waals surface area (Å²) in [7, 11) is -2.11. The molecular weight excluding hydrogens is 398 g/mol. The van der Waals surface area contributed by atoms with Gasteiger partial charge in [-0.1, -0.05) is 34.6 Å². The zero-order valence-corrected chi connectivity index (χ0v) is 22.5. The third-order valence-electron chi connectivity index (χ3n) is 6.48. The van der Waals surface area contributed by atoms with E-state index in [1.807, 2.05) is 48.5 Å². The minimum atomic E-state index is -2.11. The summed E-state index contributed by atoms with van der Waals surface area (Å²) >= 11 is 0. The quantitative estimate of drug-likeness (QED) is 0.394. The molecule has 0 unspecified atom stereocenters. The number of carbonyl (C=O) groups is 2. The van der Waals surface area contributed by atoms with E-state index >= 15 is 0 Å². The van der Waals surface area contributed by atoms with Gasteiger partial charge in [0.15, 0.2) is 8.32 Å². The molecule has 30 heavy (non-hydrogen) atoms.